The highest BCUT2D eigenvalue weighted by Gasteiger charge is 2.27. The van der Waals surface area contributed by atoms with E-state index in [4.69, 9.17) is 4.42 Å². The second-order valence-corrected chi connectivity index (χ2v) is 6.41. The Balaban J connectivity index is 1.59. The smallest absolute Gasteiger partial charge is 0.208 e. The van der Waals surface area contributed by atoms with Gasteiger partial charge in [0.2, 0.25) is 5.89 Å². The summed E-state index contributed by atoms with van der Waals surface area (Å²) in [4.78, 5) is 6.87. The van der Waals surface area contributed by atoms with E-state index < -0.39 is 0 Å². The van der Waals surface area contributed by atoms with Crippen LogP contribution in [0, 0.1) is 12.8 Å². The molecule has 2 heterocycles. The van der Waals surface area contributed by atoms with Gasteiger partial charge in [-0.25, -0.2) is 4.98 Å². The van der Waals surface area contributed by atoms with Gasteiger partial charge in [0.15, 0.2) is 0 Å². The van der Waals surface area contributed by atoms with Crippen molar-refractivity contribution in [3.63, 3.8) is 0 Å². The van der Waals surface area contributed by atoms with Crippen LogP contribution in [0.1, 0.15) is 50.2 Å². The molecule has 1 aromatic heterocycles. The molecule has 1 aliphatic carbocycles. The highest BCUT2D eigenvalue weighted by Crippen LogP contribution is 2.27. The van der Waals surface area contributed by atoms with Crippen LogP contribution in [0.15, 0.2) is 10.6 Å². The maximum atomic E-state index is 5.63. The molecule has 1 aliphatic heterocycles. The van der Waals surface area contributed by atoms with Crippen LogP contribution in [0.3, 0.4) is 0 Å². The minimum atomic E-state index is 0.661. The predicted molar refractivity (Wildman–Crippen MR) is 79.5 cm³/mol. The molecule has 4 heteroatoms. The summed E-state index contributed by atoms with van der Waals surface area (Å²) < 4.78 is 5.63. The Morgan fingerprint density at radius 1 is 1.30 bits per heavy atom. The Morgan fingerprint density at radius 2 is 2.15 bits per heavy atom. The van der Waals surface area contributed by atoms with E-state index in [-0.39, 0.29) is 0 Å². The van der Waals surface area contributed by atoms with Gasteiger partial charge in [-0.1, -0.05) is 19.3 Å². The van der Waals surface area contributed by atoms with Crippen molar-refractivity contribution < 1.29 is 4.42 Å². The van der Waals surface area contributed by atoms with Crippen molar-refractivity contribution in [2.75, 3.05) is 19.6 Å². The van der Waals surface area contributed by atoms with Gasteiger partial charge in [-0.15, -0.1) is 0 Å². The number of hydrogen-bond acceptors (Lipinski definition) is 4. The van der Waals surface area contributed by atoms with E-state index >= 15 is 0 Å². The molecule has 0 spiro atoms. The molecule has 2 aliphatic rings. The third kappa shape index (κ3) is 3.61. The van der Waals surface area contributed by atoms with Crippen LogP contribution >= 0.6 is 0 Å². The number of aryl methyl sites for hydroxylation is 1. The molecular weight excluding hydrogens is 250 g/mol. The van der Waals surface area contributed by atoms with Crippen LogP contribution in [0.5, 0.6) is 0 Å². The van der Waals surface area contributed by atoms with Crippen LogP contribution in [0.2, 0.25) is 0 Å². The number of aromatic nitrogens is 1. The number of nitrogens with one attached hydrogen (secondary N) is 1. The molecule has 1 atom stereocenters. The molecule has 20 heavy (non-hydrogen) atoms. The van der Waals surface area contributed by atoms with E-state index in [1.54, 1.807) is 0 Å². The first-order chi connectivity index (χ1) is 9.81. The van der Waals surface area contributed by atoms with Crippen molar-refractivity contribution >= 4 is 0 Å². The fraction of sp³-hybridized carbons (Fsp3) is 0.812. The van der Waals surface area contributed by atoms with Gasteiger partial charge in [0.25, 0.3) is 0 Å². The Kier molecular flexibility index (Phi) is 4.73. The van der Waals surface area contributed by atoms with Crippen LogP contribution in [0.4, 0.5) is 0 Å². The number of nitrogens with zero attached hydrogens (tertiary/aromatic N) is 2. The largest absolute Gasteiger partial charge is 0.445 e. The molecule has 2 fully saturated rings. The molecule has 112 valence electrons. The first kappa shape index (κ1) is 14.1. The SMILES string of the molecule is Cc1cnc(CN2CCCNC(C3CCCCC3)C2)o1. The quantitative estimate of drug-likeness (QED) is 0.922. The topological polar surface area (TPSA) is 41.3 Å². The lowest BCUT2D eigenvalue weighted by molar-refractivity contribution is 0.189. The molecule has 1 unspecified atom stereocenters. The summed E-state index contributed by atoms with van der Waals surface area (Å²) in [6, 6.07) is 0.661. The van der Waals surface area contributed by atoms with Crippen molar-refractivity contribution in [2.45, 2.75) is 58.0 Å². The predicted octanol–water partition coefficient (Wildman–Crippen LogP) is 2.73. The molecule has 0 amide bonds. The lowest BCUT2D eigenvalue weighted by Crippen LogP contribution is -2.43. The van der Waals surface area contributed by atoms with Crippen LogP contribution in [0.25, 0.3) is 0 Å². The molecule has 0 bridgehead atoms. The van der Waals surface area contributed by atoms with Crippen molar-refractivity contribution in [1.82, 2.24) is 15.2 Å². The van der Waals surface area contributed by atoms with E-state index in [0.717, 1.165) is 43.7 Å². The highest BCUT2D eigenvalue weighted by atomic mass is 16.4. The minimum Gasteiger partial charge on any atom is -0.445 e. The Bertz CT molecular complexity index is 412. The summed E-state index contributed by atoms with van der Waals surface area (Å²) in [6.45, 7) is 6.27. The number of rotatable bonds is 3. The lowest BCUT2D eigenvalue weighted by Gasteiger charge is -2.32. The molecule has 1 saturated carbocycles. The second kappa shape index (κ2) is 6.72. The zero-order chi connectivity index (χ0) is 13.8. The monoisotopic (exact) mass is 277 g/mol. The molecule has 3 rings (SSSR count). The summed E-state index contributed by atoms with van der Waals surface area (Å²) >= 11 is 0. The van der Waals surface area contributed by atoms with Gasteiger partial charge in [-0.2, -0.15) is 0 Å². The fourth-order valence-electron chi connectivity index (χ4n) is 3.69. The summed E-state index contributed by atoms with van der Waals surface area (Å²) in [5.74, 6) is 2.65. The second-order valence-electron chi connectivity index (χ2n) is 6.41. The Labute approximate surface area is 121 Å². The standard InChI is InChI=1S/C16H27N3O/c1-13-10-18-16(20-13)12-19-9-5-8-17-15(11-19)14-6-3-2-4-7-14/h10,14-15,17H,2-9,11-12H2,1H3. The third-order valence-corrected chi connectivity index (χ3v) is 4.76. The number of hydrogen-bond donors (Lipinski definition) is 1. The lowest BCUT2D eigenvalue weighted by atomic mass is 9.83. The van der Waals surface area contributed by atoms with Gasteiger partial charge < -0.3 is 9.73 Å². The van der Waals surface area contributed by atoms with Crippen molar-refractivity contribution in [1.29, 1.82) is 0 Å². The summed E-state index contributed by atoms with van der Waals surface area (Å²) in [6.07, 6.45) is 10.1. The van der Waals surface area contributed by atoms with Gasteiger partial charge in [0.05, 0.1) is 12.7 Å². The summed E-state index contributed by atoms with van der Waals surface area (Å²) in [7, 11) is 0. The van der Waals surface area contributed by atoms with Gasteiger partial charge in [-0.3, -0.25) is 4.90 Å². The highest BCUT2D eigenvalue weighted by molar-refractivity contribution is 4.92. The Hall–Kier alpha value is -0.870. The van der Waals surface area contributed by atoms with E-state index in [0.29, 0.717) is 6.04 Å². The molecule has 4 nitrogen and oxygen atoms in total. The van der Waals surface area contributed by atoms with Gasteiger partial charge in [0.1, 0.15) is 5.76 Å². The molecule has 0 radical (unpaired) electrons. The van der Waals surface area contributed by atoms with Crippen molar-refractivity contribution in [3.05, 3.63) is 17.8 Å². The van der Waals surface area contributed by atoms with Crippen molar-refractivity contribution in [2.24, 2.45) is 5.92 Å². The normalized spacial score (nSPS) is 26.6. The maximum absolute atomic E-state index is 5.63. The molecule has 0 aromatic carbocycles. The van der Waals surface area contributed by atoms with Crippen molar-refractivity contribution in [3.8, 4) is 0 Å². The molecule has 1 aromatic rings. The van der Waals surface area contributed by atoms with Gasteiger partial charge >= 0.3 is 0 Å². The molecular formula is C16H27N3O. The number of oxazole rings is 1. The van der Waals surface area contributed by atoms with E-state index in [1.165, 1.54) is 38.5 Å². The zero-order valence-electron chi connectivity index (χ0n) is 12.6. The van der Waals surface area contributed by atoms with Crippen LogP contribution in [-0.2, 0) is 6.54 Å². The van der Waals surface area contributed by atoms with Gasteiger partial charge in [-0.05, 0) is 45.2 Å². The van der Waals surface area contributed by atoms with Crippen LogP contribution < -0.4 is 5.32 Å². The fourth-order valence-corrected chi connectivity index (χ4v) is 3.69. The first-order valence-corrected chi connectivity index (χ1v) is 8.18. The molecule has 1 saturated heterocycles. The van der Waals surface area contributed by atoms with E-state index in [2.05, 4.69) is 15.2 Å². The van der Waals surface area contributed by atoms with Gasteiger partial charge in [0, 0.05) is 12.6 Å². The maximum Gasteiger partial charge on any atom is 0.208 e. The summed E-state index contributed by atoms with van der Waals surface area (Å²) in [5.41, 5.74) is 0. The first-order valence-electron chi connectivity index (χ1n) is 8.18. The van der Waals surface area contributed by atoms with Crippen LogP contribution in [-0.4, -0.2) is 35.6 Å². The Morgan fingerprint density at radius 3 is 2.90 bits per heavy atom. The average Bonchev–Trinajstić information content (AvgIpc) is 2.74. The average molecular weight is 277 g/mol. The van der Waals surface area contributed by atoms with E-state index in [1.807, 2.05) is 13.1 Å². The van der Waals surface area contributed by atoms with E-state index in [9.17, 15) is 0 Å². The zero-order valence-corrected chi connectivity index (χ0v) is 12.6. The summed E-state index contributed by atoms with van der Waals surface area (Å²) in [5, 5.41) is 3.78. The third-order valence-electron chi connectivity index (χ3n) is 4.76. The molecule has 1 N–H and O–H groups in total. The minimum absolute atomic E-state index is 0.661.